The zero-order valence-corrected chi connectivity index (χ0v) is 13.9. The Balaban J connectivity index is 2.15. The Morgan fingerprint density at radius 3 is 2.90 bits per heavy atom. The number of hydrogen-bond donors (Lipinski definition) is 1. The molecule has 0 radical (unpaired) electrons. The third-order valence-corrected chi connectivity index (χ3v) is 5.21. The summed E-state index contributed by atoms with van der Waals surface area (Å²) in [5.41, 5.74) is 1.29. The Morgan fingerprint density at radius 2 is 2.30 bits per heavy atom. The highest BCUT2D eigenvalue weighted by atomic mass is 32.1. The minimum Gasteiger partial charge on any atom is -0.380 e. The number of hydrogen-bond acceptors (Lipinski definition) is 5. The van der Waals surface area contributed by atoms with Crippen LogP contribution in [0.1, 0.15) is 50.1 Å². The largest absolute Gasteiger partial charge is 0.380 e. The quantitative estimate of drug-likeness (QED) is 0.839. The van der Waals surface area contributed by atoms with Gasteiger partial charge in [0, 0.05) is 31.6 Å². The molecule has 0 aromatic carbocycles. The standard InChI is InChI=1S/C15H27N3OS/c1-5-11(3)14-13(9-16-6-2)20-15(17-14)18-8-7-12(10-18)19-4/h11-12,16H,5-10H2,1-4H3. The Bertz CT molecular complexity index is 421. The van der Waals surface area contributed by atoms with E-state index in [2.05, 4.69) is 31.0 Å². The van der Waals surface area contributed by atoms with Gasteiger partial charge in [-0.2, -0.15) is 0 Å². The Labute approximate surface area is 126 Å². The van der Waals surface area contributed by atoms with Crippen molar-refractivity contribution >= 4 is 16.5 Å². The molecule has 1 saturated heterocycles. The zero-order valence-electron chi connectivity index (χ0n) is 13.1. The Morgan fingerprint density at radius 1 is 1.50 bits per heavy atom. The van der Waals surface area contributed by atoms with E-state index >= 15 is 0 Å². The number of nitrogens with zero attached hydrogens (tertiary/aromatic N) is 2. The summed E-state index contributed by atoms with van der Waals surface area (Å²) in [6, 6.07) is 0. The Kier molecular flexibility index (Phi) is 5.81. The van der Waals surface area contributed by atoms with E-state index in [9.17, 15) is 0 Å². The van der Waals surface area contributed by atoms with Crippen LogP contribution >= 0.6 is 11.3 Å². The number of anilines is 1. The maximum atomic E-state index is 5.46. The number of methoxy groups -OCH3 is 1. The fourth-order valence-corrected chi connectivity index (χ4v) is 3.71. The van der Waals surface area contributed by atoms with E-state index in [1.54, 1.807) is 7.11 Å². The van der Waals surface area contributed by atoms with E-state index in [0.717, 1.165) is 39.0 Å². The van der Waals surface area contributed by atoms with Crippen molar-refractivity contribution in [3.05, 3.63) is 10.6 Å². The molecule has 1 aliphatic heterocycles. The van der Waals surface area contributed by atoms with E-state index in [-0.39, 0.29) is 0 Å². The molecule has 1 N–H and O–H groups in total. The van der Waals surface area contributed by atoms with Crippen molar-refractivity contribution in [1.29, 1.82) is 0 Å². The molecule has 0 saturated carbocycles. The molecule has 2 rings (SSSR count). The van der Waals surface area contributed by atoms with Crippen molar-refractivity contribution in [1.82, 2.24) is 10.3 Å². The second-order valence-corrected chi connectivity index (χ2v) is 6.55. The van der Waals surface area contributed by atoms with Crippen molar-refractivity contribution in [3.63, 3.8) is 0 Å². The van der Waals surface area contributed by atoms with Gasteiger partial charge in [-0.1, -0.05) is 20.8 Å². The number of rotatable bonds is 7. The topological polar surface area (TPSA) is 37.4 Å². The summed E-state index contributed by atoms with van der Waals surface area (Å²) < 4.78 is 5.46. The molecule has 0 bridgehead atoms. The smallest absolute Gasteiger partial charge is 0.185 e. The SMILES string of the molecule is CCNCc1sc(N2CCC(OC)C2)nc1C(C)CC. The summed E-state index contributed by atoms with van der Waals surface area (Å²) in [6.07, 6.45) is 2.61. The van der Waals surface area contributed by atoms with Gasteiger partial charge in [0.2, 0.25) is 0 Å². The molecule has 2 atom stereocenters. The van der Waals surface area contributed by atoms with E-state index in [4.69, 9.17) is 9.72 Å². The maximum absolute atomic E-state index is 5.46. The average Bonchev–Trinajstić information content (AvgIpc) is 3.10. The number of ether oxygens (including phenoxy) is 1. The van der Waals surface area contributed by atoms with Crippen LogP contribution in [-0.4, -0.2) is 37.8 Å². The third kappa shape index (κ3) is 3.51. The highest BCUT2D eigenvalue weighted by molar-refractivity contribution is 7.15. The molecule has 1 fully saturated rings. The van der Waals surface area contributed by atoms with E-state index in [1.807, 2.05) is 11.3 Å². The monoisotopic (exact) mass is 297 g/mol. The third-order valence-electron chi connectivity index (χ3n) is 4.08. The van der Waals surface area contributed by atoms with Crippen LogP contribution in [0.5, 0.6) is 0 Å². The van der Waals surface area contributed by atoms with Gasteiger partial charge < -0.3 is 15.0 Å². The van der Waals surface area contributed by atoms with Crippen LogP contribution in [0.15, 0.2) is 0 Å². The molecule has 4 nitrogen and oxygen atoms in total. The summed E-state index contributed by atoms with van der Waals surface area (Å²) in [4.78, 5) is 8.71. The van der Waals surface area contributed by atoms with Gasteiger partial charge in [0.15, 0.2) is 5.13 Å². The van der Waals surface area contributed by atoms with Crippen molar-refractivity contribution in [3.8, 4) is 0 Å². The fraction of sp³-hybridized carbons (Fsp3) is 0.800. The summed E-state index contributed by atoms with van der Waals surface area (Å²) in [7, 11) is 1.80. The number of thiazole rings is 1. The van der Waals surface area contributed by atoms with Gasteiger partial charge in [-0.3, -0.25) is 0 Å². The number of aromatic nitrogens is 1. The minimum atomic E-state index is 0.364. The second-order valence-electron chi connectivity index (χ2n) is 5.49. The molecule has 1 aliphatic rings. The molecule has 0 aliphatic carbocycles. The molecule has 2 unspecified atom stereocenters. The summed E-state index contributed by atoms with van der Waals surface area (Å²) in [5, 5.41) is 4.61. The first-order valence-electron chi connectivity index (χ1n) is 7.67. The lowest BCUT2D eigenvalue weighted by molar-refractivity contribution is 0.121. The van der Waals surface area contributed by atoms with Crippen molar-refractivity contribution in [2.75, 3.05) is 31.6 Å². The van der Waals surface area contributed by atoms with E-state index in [1.165, 1.54) is 15.7 Å². The maximum Gasteiger partial charge on any atom is 0.185 e. The molecular weight excluding hydrogens is 270 g/mol. The second kappa shape index (κ2) is 7.38. The average molecular weight is 297 g/mol. The van der Waals surface area contributed by atoms with Gasteiger partial charge in [-0.15, -0.1) is 11.3 Å². The van der Waals surface area contributed by atoms with Gasteiger partial charge in [-0.25, -0.2) is 4.98 Å². The van der Waals surface area contributed by atoms with Crippen LogP contribution in [0.4, 0.5) is 5.13 Å². The Hall–Kier alpha value is -0.650. The first kappa shape index (κ1) is 15.7. The molecular formula is C15H27N3OS. The van der Waals surface area contributed by atoms with Crippen LogP contribution in [0.3, 0.4) is 0 Å². The van der Waals surface area contributed by atoms with Crippen molar-refractivity contribution < 1.29 is 4.74 Å². The molecule has 0 amide bonds. The number of nitrogens with one attached hydrogen (secondary N) is 1. The lowest BCUT2D eigenvalue weighted by Crippen LogP contribution is -2.22. The lowest BCUT2D eigenvalue weighted by Gasteiger charge is -2.14. The minimum absolute atomic E-state index is 0.364. The first-order chi connectivity index (χ1) is 9.69. The van der Waals surface area contributed by atoms with Gasteiger partial charge in [0.05, 0.1) is 11.8 Å². The summed E-state index contributed by atoms with van der Waals surface area (Å²) >= 11 is 1.85. The predicted octanol–water partition coefficient (Wildman–Crippen LogP) is 2.99. The van der Waals surface area contributed by atoms with E-state index < -0.39 is 0 Å². The van der Waals surface area contributed by atoms with Gasteiger partial charge in [0.25, 0.3) is 0 Å². The van der Waals surface area contributed by atoms with Crippen LogP contribution in [0.25, 0.3) is 0 Å². The molecule has 114 valence electrons. The predicted molar refractivity (Wildman–Crippen MR) is 85.8 cm³/mol. The van der Waals surface area contributed by atoms with Crippen molar-refractivity contribution in [2.24, 2.45) is 0 Å². The highest BCUT2D eigenvalue weighted by Gasteiger charge is 2.26. The van der Waals surface area contributed by atoms with Crippen LogP contribution in [0, 0.1) is 0 Å². The van der Waals surface area contributed by atoms with Gasteiger partial charge >= 0.3 is 0 Å². The summed E-state index contributed by atoms with van der Waals surface area (Å²) in [6.45, 7) is 10.6. The van der Waals surface area contributed by atoms with Crippen LogP contribution in [-0.2, 0) is 11.3 Å². The zero-order chi connectivity index (χ0) is 14.5. The molecule has 1 aromatic rings. The molecule has 5 heteroatoms. The highest BCUT2D eigenvalue weighted by Crippen LogP contribution is 2.33. The summed E-state index contributed by atoms with van der Waals surface area (Å²) in [5.74, 6) is 0.537. The fourth-order valence-electron chi connectivity index (χ4n) is 2.52. The molecule has 2 heterocycles. The molecule has 20 heavy (non-hydrogen) atoms. The molecule has 1 aromatic heterocycles. The van der Waals surface area contributed by atoms with Gasteiger partial charge in [0.1, 0.15) is 0 Å². The molecule has 0 spiro atoms. The first-order valence-corrected chi connectivity index (χ1v) is 8.49. The lowest BCUT2D eigenvalue weighted by atomic mass is 10.0. The van der Waals surface area contributed by atoms with E-state index in [0.29, 0.717) is 12.0 Å². The van der Waals surface area contributed by atoms with Crippen LogP contribution < -0.4 is 10.2 Å². The van der Waals surface area contributed by atoms with Crippen molar-refractivity contribution in [2.45, 2.75) is 52.2 Å². The van der Waals surface area contributed by atoms with Gasteiger partial charge in [-0.05, 0) is 25.3 Å². The normalized spacial score (nSPS) is 20.6. The van der Waals surface area contributed by atoms with Crippen LogP contribution in [0.2, 0.25) is 0 Å².